The predicted octanol–water partition coefficient (Wildman–Crippen LogP) is 3.28. The van der Waals surface area contributed by atoms with E-state index < -0.39 is 0 Å². The number of hydrogen-bond acceptors (Lipinski definition) is 3. The lowest BCUT2D eigenvalue weighted by atomic mass is 9.99. The summed E-state index contributed by atoms with van der Waals surface area (Å²) < 4.78 is 7.20. The number of nitrogens with one attached hydrogen (secondary N) is 1. The average molecular weight is 308 g/mol. The van der Waals surface area contributed by atoms with Gasteiger partial charge in [0.25, 0.3) is 0 Å². The van der Waals surface area contributed by atoms with E-state index in [1.807, 2.05) is 40.1 Å². The number of hydrogen-bond donors (Lipinski definition) is 1. The van der Waals surface area contributed by atoms with Gasteiger partial charge in [-0.1, -0.05) is 23.7 Å². The van der Waals surface area contributed by atoms with Gasteiger partial charge in [0, 0.05) is 18.7 Å². The molecule has 0 fully saturated rings. The number of aryl methyl sites for hydroxylation is 2. The summed E-state index contributed by atoms with van der Waals surface area (Å²) in [4.78, 5) is 0. The number of likely N-dealkylation sites (N-methyl/N-ethyl adjacent to an activating group) is 1. The van der Waals surface area contributed by atoms with Crippen molar-refractivity contribution in [2.75, 3.05) is 13.7 Å². The Morgan fingerprint density at radius 1 is 1.33 bits per heavy atom. The highest BCUT2D eigenvalue weighted by Crippen LogP contribution is 2.26. The van der Waals surface area contributed by atoms with Crippen molar-refractivity contribution in [3.63, 3.8) is 0 Å². The van der Waals surface area contributed by atoms with E-state index in [1.165, 1.54) is 5.56 Å². The van der Waals surface area contributed by atoms with Crippen LogP contribution in [0.4, 0.5) is 0 Å². The molecule has 1 N–H and O–H groups in total. The van der Waals surface area contributed by atoms with Gasteiger partial charge in [0.15, 0.2) is 0 Å². The molecule has 1 unspecified atom stereocenters. The standard InChI is InChI=1S/C16H22ClN3O/c1-5-21-13-8-6-12(7-9-13)15(18-3)10-14-11(2)19-20(4)16(14)17/h6-9,15,18H,5,10H2,1-4H3. The van der Waals surface area contributed by atoms with Crippen molar-refractivity contribution in [3.8, 4) is 5.75 Å². The number of benzene rings is 1. The smallest absolute Gasteiger partial charge is 0.130 e. The van der Waals surface area contributed by atoms with Crippen LogP contribution in [0.5, 0.6) is 5.75 Å². The quantitative estimate of drug-likeness (QED) is 0.890. The lowest BCUT2D eigenvalue weighted by Gasteiger charge is -2.17. The first kappa shape index (κ1) is 15.9. The zero-order valence-electron chi connectivity index (χ0n) is 13.0. The molecule has 2 rings (SSSR count). The second-order valence-electron chi connectivity index (χ2n) is 5.03. The molecule has 1 aromatic heterocycles. The lowest BCUT2D eigenvalue weighted by molar-refractivity contribution is 0.340. The Morgan fingerprint density at radius 3 is 2.48 bits per heavy atom. The monoisotopic (exact) mass is 307 g/mol. The summed E-state index contributed by atoms with van der Waals surface area (Å²) in [5.74, 6) is 0.895. The maximum atomic E-state index is 6.32. The van der Waals surface area contributed by atoms with E-state index >= 15 is 0 Å². The van der Waals surface area contributed by atoms with E-state index in [2.05, 4.69) is 22.5 Å². The van der Waals surface area contributed by atoms with Gasteiger partial charge in [0.05, 0.1) is 12.3 Å². The Balaban J connectivity index is 2.19. The molecular formula is C16H22ClN3O. The number of nitrogens with zero attached hydrogens (tertiary/aromatic N) is 2. The van der Waals surface area contributed by atoms with Crippen LogP contribution in [-0.2, 0) is 13.5 Å². The van der Waals surface area contributed by atoms with Crippen molar-refractivity contribution in [1.82, 2.24) is 15.1 Å². The Hall–Kier alpha value is -1.52. The highest BCUT2D eigenvalue weighted by Gasteiger charge is 2.17. The summed E-state index contributed by atoms with van der Waals surface area (Å²) >= 11 is 6.32. The van der Waals surface area contributed by atoms with Gasteiger partial charge in [-0.3, -0.25) is 4.68 Å². The number of ether oxygens (including phenoxy) is 1. The molecule has 2 aromatic rings. The third-order valence-electron chi connectivity index (χ3n) is 3.62. The largest absolute Gasteiger partial charge is 0.494 e. The van der Waals surface area contributed by atoms with Crippen LogP contribution in [0.2, 0.25) is 5.15 Å². The maximum Gasteiger partial charge on any atom is 0.130 e. The zero-order chi connectivity index (χ0) is 15.4. The summed E-state index contributed by atoms with van der Waals surface area (Å²) in [6, 6.07) is 8.38. The molecule has 1 aromatic carbocycles. The van der Waals surface area contributed by atoms with Crippen LogP contribution in [0.25, 0.3) is 0 Å². The van der Waals surface area contributed by atoms with E-state index in [0.717, 1.165) is 23.4 Å². The van der Waals surface area contributed by atoms with Crippen LogP contribution < -0.4 is 10.1 Å². The van der Waals surface area contributed by atoms with Crippen LogP contribution >= 0.6 is 11.6 Å². The zero-order valence-corrected chi connectivity index (χ0v) is 13.7. The third-order valence-corrected chi connectivity index (χ3v) is 4.09. The molecule has 0 aliphatic carbocycles. The van der Waals surface area contributed by atoms with E-state index in [-0.39, 0.29) is 6.04 Å². The minimum Gasteiger partial charge on any atom is -0.494 e. The first-order valence-corrected chi connectivity index (χ1v) is 7.52. The molecule has 4 nitrogen and oxygen atoms in total. The summed E-state index contributed by atoms with van der Waals surface area (Å²) in [5, 5.41) is 8.42. The fourth-order valence-electron chi connectivity index (χ4n) is 2.46. The fourth-order valence-corrected chi connectivity index (χ4v) is 2.71. The fraction of sp³-hybridized carbons (Fsp3) is 0.438. The van der Waals surface area contributed by atoms with Gasteiger partial charge in [0.2, 0.25) is 0 Å². The first-order chi connectivity index (χ1) is 10.1. The molecule has 5 heteroatoms. The summed E-state index contributed by atoms with van der Waals surface area (Å²) in [7, 11) is 3.82. The second kappa shape index (κ2) is 6.96. The van der Waals surface area contributed by atoms with Gasteiger partial charge >= 0.3 is 0 Å². The topological polar surface area (TPSA) is 39.1 Å². The molecule has 1 atom stereocenters. The highest BCUT2D eigenvalue weighted by atomic mass is 35.5. The molecule has 0 saturated carbocycles. The lowest BCUT2D eigenvalue weighted by Crippen LogP contribution is -2.19. The minimum atomic E-state index is 0.195. The number of halogens is 1. The van der Waals surface area contributed by atoms with Crippen molar-refractivity contribution in [1.29, 1.82) is 0 Å². The van der Waals surface area contributed by atoms with Crippen LogP contribution in [0.15, 0.2) is 24.3 Å². The van der Waals surface area contributed by atoms with Crippen LogP contribution in [0.1, 0.15) is 29.8 Å². The van der Waals surface area contributed by atoms with Crippen molar-refractivity contribution in [3.05, 3.63) is 46.2 Å². The average Bonchev–Trinajstić information content (AvgIpc) is 2.72. The van der Waals surface area contributed by atoms with Crippen LogP contribution in [-0.4, -0.2) is 23.4 Å². The molecule has 0 saturated heterocycles. The van der Waals surface area contributed by atoms with Crippen molar-refractivity contribution >= 4 is 11.6 Å². The molecule has 0 aliphatic rings. The number of rotatable bonds is 6. The summed E-state index contributed by atoms with van der Waals surface area (Å²) in [5.41, 5.74) is 3.28. The van der Waals surface area contributed by atoms with Crippen molar-refractivity contribution < 1.29 is 4.74 Å². The number of aromatic nitrogens is 2. The summed E-state index contributed by atoms with van der Waals surface area (Å²) in [6.45, 7) is 4.66. The SMILES string of the molecule is CCOc1ccc(C(Cc2c(C)nn(C)c2Cl)NC)cc1. The van der Waals surface area contributed by atoms with Gasteiger partial charge in [-0.15, -0.1) is 0 Å². The molecule has 1 heterocycles. The Kier molecular flexibility index (Phi) is 5.26. The van der Waals surface area contributed by atoms with E-state index in [9.17, 15) is 0 Å². The van der Waals surface area contributed by atoms with Gasteiger partial charge in [-0.05, 0) is 45.0 Å². The molecule has 0 amide bonds. The van der Waals surface area contributed by atoms with Gasteiger partial charge in [-0.25, -0.2) is 0 Å². The minimum absolute atomic E-state index is 0.195. The molecule has 0 radical (unpaired) electrons. The molecule has 0 bridgehead atoms. The molecule has 0 aliphatic heterocycles. The van der Waals surface area contributed by atoms with E-state index in [1.54, 1.807) is 4.68 Å². The van der Waals surface area contributed by atoms with Gasteiger partial charge < -0.3 is 10.1 Å². The molecular weight excluding hydrogens is 286 g/mol. The predicted molar refractivity (Wildman–Crippen MR) is 86.1 cm³/mol. The third kappa shape index (κ3) is 3.57. The van der Waals surface area contributed by atoms with E-state index in [4.69, 9.17) is 16.3 Å². The summed E-state index contributed by atoms with van der Waals surface area (Å²) in [6.07, 6.45) is 0.809. The molecule has 114 valence electrons. The second-order valence-corrected chi connectivity index (χ2v) is 5.38. The van der Waals surface area contributed by atoms with Crippen molar-refractivity contribution in [2.24, 2.45) is 7.05 Å². The first-order valence-electron chi connectivity index (χ1n) is 7.14. The Bertz CT molecular complexity index is 592. The van der Waals surface area contributed by atoms with Crippen molar-refractivity contribution in [2.45, 2.75) is 26.3 Å². The Morgan fingerprint density at radius 2 is 2.00 bits per heavy atom. The van der Waals surface area contributed by atoms with Crippen LogP contribution in [0, 0.1) is 6.92 Å². The molecule has 21 heavy (non-hydrogen) atoms. The maximum absolute atomic E-state index is 6.32. The van der Waals surface area contributed by atoms with Gasteiger partial charge in [0.1, 0.15) is 10.9 Å². The highest BCUT2D eigenvalue weighted by molar-refractivity contribution is 6.30. The normalized spacial score (nSPS) is 12.4. The molecule has 0 spiro atoms. The Labute approximate surface area is 131 Å². The van der Waals surface area contributed by atoms with E-state index in [0.29, 0.717) is 11.8 Å². The van der Waals surface area contributed by atoms with Crippen LogP contribution in [0.3, 0.4) is 0 Å². The van der Waals surface area contributed by atoms with Gasteiger partial charge in [-0.2, -0.15) is 5.10 Å².